The van der Waals surface area contributed by atoms with Crippen LogP contribution in [0.1, 0.15) is 4.88 Å². The normalized spacial score (nSPS) is 20.1. The number of nitrogens with one attached hydrogen (secondary N) is 3. The standard InChI is InChI=1S/C21H22N8O2S2/c1-28-4-6-29(7-5-28)12-18(30)25-20-22-11-15(32-20)9-17-19(31)26-21(33-17)24-14-3-2-13-10-23-27-16(13)8-14/h2-3,8-11H,4-7,12H2,1H3,(H,23,27)(H,22,25,30)(H,24,26,31). The molecule has 2 fully saturated rings. The van der Waals surface area contributed by atoms with Gasteiger partial charge in [-0.3, -0.25) is 19.6 Å². The number of aromatic amines is 1. The number of thiazole rings is 1. The van der Waals surface area contributed by atoms with Crippen molar-refractivity contribution < 1.29 is 9.59 Å². The van der Waals surface area contributed by atoms with Crippen LogP contribution in [0.2, 0.25) is 0 Å². The number of amidine groups is 1. The second-order valence-corrected chi connectivity index (χ2v) is 9.91. The summed E-state index contributed by atoms with van der Waals surface area (Å²) in [5.74, 6) is -0.292. The predicted molar refractivity (Wildman–Crippen MR) is 132 cm³/mol. The van der Waals surface area contributed by atoms with Gasteiger partial charge in [0.05, 0.1) is 33.7 Å². The monoisotopic (exact) mass is 482 g/mol. The molecule has 4 heterocycles. The highest BCUT2D eigenvalue weighted by atomic mass is 32.2. The molecule has 2 aliphatic heterocycles. The molecule has 2 aromatic heterocycles. The smallest absolute Gasteiger partial charge is 0.264 e. The first-order valence-electron chi connectivity index (χ1n) is 10.4. The van der Waals surface area contributed by atoms with Crippen LogP contribution in [0.15, 0.2) is 40.5 Å². The number of rotatable bonds is 5. The summed E-state index contributed by atoms with van der Waals surface area (Å²) >= 11 is 2.60. The molecule has 3 aromatic rings. The number of hydrogen-bond donors (Lipinski definition) is 3. The highest BCUT2D eigenvalue weighted by Gasteiger charge is 2.24. The molecule has 10 nitrogen and oxygen atoms in total. The van der Waals surface area contributed by atoms with E-state index in [1.807, 2.05) is 18.2 Å². The van der Waals surface area contributed by atoms with Crippen molar-refractivity contribution in [3.05, 3.63) is 40.4 Å². The van der Waals surface area contributed by atoms with Gasteiger partial charge in [-0.25, -0.2) is 9.98 Å². The van der Waals surface area contributed by atoms with Gasteiger partial charge in [-0.15, -0.1) is 0 Å². The van der Waals surface area contributed by atoms with Crippen LogP contribution in [-0.2, 0) is 9.59 Å². The number of fused-ring (bicyclic) bond motifs is 1. The molecule has 2 saturated heterocycles. The van der Waals surface area contributed by atoms with Gasteiger partial charge in [-0.2, -0.15) is 5.10 Å². The van der Waals surface area contributed by atoms with E-state index in [0.717, 1.165) is 47.6 Å². The molecule has 1 aromatic carbocycles. The average molecular weight is 483 g/mol. The van der Waals surface area contributed by atoms with Gasteiger partial charge in [0.2, 0.25) is 5.91 Å². The Hall–Kier alpha value is -3.06. The van der Waals surface area contributed by atoms with Gasteiger partial charge in [-0.1, -0.05) is 11.3 Å². The average Bonchev–Trinajstić information content (AvgIpc) is 3.51. The van der Waals surface area contributed by atoms with E-state index in [-0.39, 0.29) is 11.8 Å². The molecular formula is C21H22N8O2S2. The first-order valence-corrected chi connectivity index (χ1v) is 12.0. The second-order valence-electron chi connectivity index (χ2n) is 7.82. The van der Waals surface area contributed by atoms with Crippen LogP contribution in [0.3, 0.4) is 0 Å². The zero-order valence-electron chi connectivity index (χ0n) is 17.9. The lowest BCUT2D eigenvalue weighted by molar-refractivity contribution is -0.117. The number of aliphatic imine (C=N–C) groups is 1. The van der Waals surface area contributed by atoms with Gasteiger partial charge in [0.15, 0.2) is 10.3 Å². The van der Waals surface area contributed by atoms with Crippen molar-refractivity contribution in [3.8, 4) is 0 Å². The number of anilines is 1. The Bertz CT molecular complexity index is 1260. The van der Waals surface area contributed by atoms with Gasteiger partial charge in [0, 0.05) is 37.8 Å². The summed E-state index contributed by atoms with van der Waals surface area (Å²) in [6, 6.07) is 5.68. The van der Waals surface area contributed by atoms with Crippen molar-refractivity contribution in [3.63, 3.8) is 0 Å². The molecule has 33 heavy (non-hydrogen) atoms. The van der Waals surface area contributed by atoms with Crippen molar-refractivity contribution in [1.29, 1.82) is 0 Å². The quantitative estimate of drug-likeness (QED) is 0.477. The fraction of sp³-hybridized carbons (Fsp3) is 0.286. The van der Waals surface area contributed by atoms with Crippen LogP contribution in [0.4, 0.5) is 10.8 Å². The number of hydrogen-bond acceptors (Lipinski definition) is 9. The molecular weight excluding hydrogens is 460 g/mol. The van der Waals surface area contributed by atoms with E-state index in [1.54, 1.807) is 18.5 Å². The highest BCUT2D eigenvalue weighted by Crippen LogP contribution is 2.30. The predicted octanol–water partition coefficient (Wildman–Crippen LogP) is 2.10. The van der Waals surface area contributed by atoms with E-state index in [0.29, 0.717) is 21.7 Å². The molecule has 0 atom stereocenters. The maximum Gasteiger partial charge on any atom is 0.264 e. The Labute approximate surface area is 198 Å². The molecule has 0 spiro atoms. The second kappa shape index (κ2) is 9.43. The summed E-state index contributed by atoms with van der Waals surface area (Å²) < 4.78 is 0. The first kappa shape index (κ1) is 21.8. The van der Waals surface area contributed by atoms with Crippen molar-refractivity contribution >= 4 is 67.9 Å². The Kier molecular flexibility index (Phi) is 6.22. The van der Waals surface area contributed by atoms with Crippen LogP contribution in [0, 0.1) is 0 Å². The number of amides is 2. The molecule has 0 saturated carbocycles. The van der Waals surface area contributed by atoms with Gasteiger partial charge >= 0.3 is 0 Å². The number of aromatic nitrogens is 3. The SMILES string of the molecule is CN1CCN(CC(=O)Nc2ncc(C=C3SC(=Nc4ccc5cn[nH]c5c4)NC3=O)s2)CC1. The summed E-state index contributed by atoms with van der Waals surface area (Å²) in [6.45, 7) is 4.04. The lowest BCUT2D eigenvalue weighted by atomic mass is 10.2. The molecule has 0 unspecified atom stereocenters. The zero-order chi connectivity index (χ0) is 22.8. The zero-order valence-corrected chi connectivity index (χ0v) is 19.5. The summed E-state index contributed by atoms with van der Waals surface area (Å²) in [5.41, 5.74) is 1.60. The topological polar surface area (TPSA) is 119 Å². The maximum absolute atomic E-state index is 12.4. The third-order valence-corrected chi connectivity index (χ3v) is 7.08. The van der Waals surface area contributed by atoms with E-state index in [9.17, 15) is 9.59 Å². The van der Waals surface area contributed by atoms with Crippen molar-refractivity contribution in [2.75, 3.05) is 45.1 Å². The molecule has 2 amide bonds. The molecule has 0 aliphatic carbocycles. The van der Waals surface area contributed by atoms with Gasteiger partial charge in [-0.05, 0) is 43.1 Å². The van der Waals surface area contributed by atoms with E-state index < -0.39 is 0 Å². The summed E-state index contributed by atoms with van der Waals surface area (Å²) in [5, 5.41) is 14.6. The number of piperazine rings is 1. The first-order chi connectivity index (χ1) is 16.0. The number of H-pyrrole nitrogens is 1. The minimum Gasteiger partial charge on any atom is -0.304 e. The van der Waals surface area contributed by atoms with Crippen molar-refractivity contribution in [1.82, 2.24) is 30.3 Å². The van der Waals surface area contributed by atoms with E-state index >= 15 is 0 Å². The molecule has 0 bridgehead atoms. The molecule has 170 valence electrons. The molecule has 2 aliphatic rings. The minimum absolute atomic E-state index is 0.0789. The van der Waals surface area contributed by atoms with E-state index in [1.165, 1.54) is 23.1 Å². The van der Waals surface area contributed by atoms with Crippen molar-refractivity contribution in [2.45, 2.75) is 0 Å². The van der Waals surface area contributed by atoms with Crippen LogP contribution in [0.5, 0.6) is 0 Å². The third kappa shape index (κ3) is 5.30. The summed E-state index contributed by atoms with van der Waals surface area (Å²) in [6.07, 6.45) is 5.16. The lowest BCUT2D eigenvalue weighted by Gasteiger charge is -2.31. The van der Waals surface area contributed by atoms with Crippen LogP contribution >= 0.6 is 23.1 Å². The Balaban J connectivity index is 1.20. The Morgan fingerprint density at radius 2 is 2.12 bits per heavy atom. The van der Waals surface area contributed by atoms with E-state index in [2.05, 4.69) is 47.7 Å². The van der Waals surface area contributed by atoms with Crippen LogP contribution in [-0.4, -0.2) is 81.7 Å². The number of nitrogens with zero attached hydrogens (tertiary/aromatic N) is 5. The molecule has 0 radical (unpaired) electrons. The van der Waals surface area contributed by atoms with Gasteiger partial charge in [0.25, 0.3) is 5.91 Å². The Morgan fingerprint density at radius 1 is 1.27 bits per heavy atom. The number of benzene rings is 1. The van der Waals surface area contributed by atoms with Gasteiger partial charge < -0.3 is 15.5 Å². The molecule has 3 N–H and O–H groups in total. The van der Waals surface area contributed by atoms with E-state index in [4.69, 9.17) is 0 Å². The fourth-order valence-corrected chi connectivity index (χ4v) is 5.18. The summed E-state index contributed by atoms with van der Waals surface area (Å²) in [4.78, 5) is 39.2. The van der Waals surface area contributed by atoms with Crippen LogP contribution in [0.25, 0.3) is 17.0 Å². The number of carbonyl (C=O) groups is 2. The number of carbonyl (C=O) groups excluding carboxylic acids is 2. The fourth-order valence-electron chi connectivity index (χ4n) is 3.50. The number of likely N-dealkylation sites (N-methyl/N-ethyl adjacent to an activating group) is 1. The Morgan fingerprint density at radius 3 is 2.97 bits per heavy atom. The largest absolute Gasteiger partial charge is 0.304 e. The molecule has 12 heteroatoms. The molecule has 5 rings (SSSR count). The highest BCUT2D eigenvalue weighted by molar-refractivity contribution is 8.18. The minimum atomic E-state index is -0.213. The van der Waals surface area contributed by atoms with Crippen LogP contribution < -0.4 is 10.6 Å². The third-order valence-electron chi connectivity index (χ3n) is 5.31. The number of thioether (sulfide) groups is 1. The summed E-state index contributed by atoms with van der Waals surface area (Å²) in [7, 11) is 2.08. The van der Waals surface area contributed by atoms with Gasteiger partial charge in [0.1, 0.15) is 0 Å². The van der Waals surface area contributed by atoms with Crippen molar-refractivity contribution in [2.24, 2.45) is 4.99 Å². The lowest BCUT2D eigenvalue weighted by Crippen LogP contribution is -2.47. The maximum atomic E-state index is 12.4.